The Hall–Kier alpha value is -0.700. The number of aliphatic imine (C=N–C) groups is 1. The summed E-state index contributed by atoms with van der Waals surface area (Å²) in [6.45, 7) is 0.724. The van der Waals surface area contributed by atoms with Gasteiger partial charge in [0, 0.05) is 20.2 Å². The van der Waals surface area contributed by atoms with Crippen LogP contribution in [0, 0.1) is 0 Å². The number of hydrogen-bond donors (Lipinski definition) is 1. The van der Waals surface area contributed by atoms with Crippen molar-refractivity contribution in [3.05, 3.63) is 11.2 Å². The summed E-state index contributed by atoms with van der Waals surface area (Å²) < 4.78 is 0. The fraction of sp³-hybridized carbons (Fsp3) is 0.500. The highest BCUT2D eigenvalue weighted by molar-refractivity contribution is 6.31. The molecule has 0 bridgehead atoms. The van der Waals surface area contributed by atoms with Gasteiger partial charge in [0.15, 0.2) is 0 Å². The van der Waals surface area contributed by atoms with Gasteiger partial charge in [0.25, 0.3) is 0 Å². The summed E-state index contributed by atoms with van der Waals surface area (Å²) in [4.78, 5) is 6.00. The highest BCUT2D eigenvalue weighted by atomic mass is 35.5. The zero-order valence-corrected chi connectivity index (χ0v) is 6.81. The normalized spacial score (nSPS) is 22.5. The molecule has 0 atom stereocenters. The van der Waals surface area contributed by atoms with E-state index < -0.39 is 0 Å². The smallest absolute Gasteiger partial charge is 0.127 e. The standard InChI is InChI=1S/C6H10ClN3/c1-8-6-3-5(7)9-4-10(6)2/h3,9H,4H2,1-2H3. The van der Waals surface area contributed by atoms with Crippen molar-refractivity contribution in [2.45, 2.75) is 0 Å². The van der Waals surface area contributed by atoms with Crippen LogP contribution in [0.15, 0.2) is 16.2 Å². The molecule has 56 valence electrons. The molecule has 0 aromatic carbocycles. The van der Waals surface area contributed by atoms with Gasteiger partial charge in [-0.2, -0.15) is 0 Å². The van der Waals surface area contributed by atoms with Crippen molar-refractivity contribution in [1.29, 1.82) is 0 Å². The minimum Gasteiger partial charge on any atom is -0.358 e. The molecular weight excluding hydrogens is 150 g/mol. The third kappa shape index (κ3) is 1.42. The van der Waals surface area contributed by atoms with Gasteiger partial charge in [0.2, 0.25) is 0 Å². The molecule has 1 N–H and O–H groups in total. The monoisotopic (exact) mass is 159 g/mol. The van der Waals surface area contributed by atoms with E-state index in [0.29, 0.717) is 5.16 Å². The first-order chi connectivity index (χ1) is 4.74. The first-order valence-corrected chi connectivity index (χ1v) is 3.41. The minimum absolute atomic E-state index is 0.652. The molecule has 0 spiro atoms. The number of rotatable bonds is 0. The molecule has 4 heteroatoms. The van der Waals surface area contributed by atoms with Gasteiger partial charge in [-0.15, -0.1) is 0 Å². The Morgan fingerprint density at radius 2 is 2.50 bits per heavy atom. The predicted molar refractivity (Wildman–Crippen MR) is 43.1 cm³/mol. The molecule has 1 aliphatic rings. The average Bonchev–Trinajstić information content (AvgIpc) is 1.94. The van der Waals surface area contributed by atoms with Crippen LogP contribution in [0.3, 0.4) is 0 Å². The van der Waals surface area contributed by atoms with Crippen LogP contribution < -0.4 is 5.32 Å². The third-order valence-electron chi connectivity index (χ3n) is 1.36. The number of halogens is 1. The Morgan fingerprint density at radius 3 is 3.00 bits per heavy atom. The van der Waals surface area contributed by atoms with Crippen molar-refractivity contribution < 1.29 is 0 Å². The van der Waals surface area contributed by atoms with Crippen molar-refractivity contribution in [2.75, 3.05) is 20.8 Å². The van der Waals surface area contributed by atoms with Crippen LogP contribution in [0.5, 0.6) is 0 Å². The zero-order valence-electron chi connectivity index (χ0n) is 6.06. The van der Waals surface area contributed by atoms with Crippen LogP contribution in [0.4, 0.5) is 0 Å². The van der Waals surface area contributed by atoms with Crippen LogP contribution in [0.1, 0.15) is 0 Å². The second-order valence-electron chi connectivity index (χ2n) is 2.11. The molecule has 0 saturated heterocycles. The molecule has 0 unspecified atom stereocenters. The van der Waals surface area contributed by atoms with Gasteiger partial charge in [-0.05, 0) is 0 Å². The Balaban J connectivity index is 2.78. The van der Waals surface area contributed by atoms with Crippen molar-refractivity contribution in [3.8, 4) is 0 Å². The SMILES string of the molecule is CN=C1C=C(Cl)NCN1C. The first-order valence-electron chi connectivity index (χ1n) is 3.03. The topological polar surface area (TPSA) is 27.6 Å². The number of nitrogens with zero attached hydrogens (tertiary/aromatic N) is 2. The van der Waals surface area contributed by atoms with Crippen LogP contribution >= 0.6 is 11.6 Å². The molecule has 10 heavy (non-hydrogen) atoms. The minimum atomic E-state index is 0.652. The van der Waals surface area contributed by atoms with Gasteiger partial charge in [0.1, 0.15) is 11.0 Å². The number of amidine groups is 1. The van der Waals surface area contributed by atoms with Crippen molar-refractivity contribution in [3.63, 3.8) is 0 Å². The average molecular weight is 160 g/mol. The van der Waals surface area contributed by atoms with Crippen molar-refractivity contribution in [2.24, 2.45) is 4.99 Å². The predicted octanol–water partition coefficient (Wildman–Crippen LogP) is 0.587. The summed E-state index contributed by atoms with van der Waals surface area (Å²) in [6.07, 6.45) is 1.80. The Kier molecular flexibility index (Phi) is 2.17. The zero-order chi connectivity index (χ0) is 7.56. The summed E-state index contributed by atoms with van der Waals surface area (Å²) in [6, 6.07) is 0. The van der Waals surface area contributed by atoms with Gasteiger partial charge in [-0.3, -0.25) is 4.99 Å². The molecule has 0 amide bonds. The van der Waals surface area contributed by atoms with Crippen molar-refractivity contribution in [1.82, 2.24) is 10.2 Å². The van der Waals surface area contributed by atoms with E-state index in [9.17, 15) is 0 Å². The molecule has 0 fully saturated rings. The van der Waals surface area contributed by atoms with E-state index >= 15 is 0 Å². The van der Waals surface area contributed by atoms with E-state index in [1.54, 1.807) is 13.1 Å². The Bertz CT molecular complexity index is 185. The first kappa shape index (κ1) is 7.41. The number of nitrogens with one attached hydrogen (secondary N) is 1. The van der Waals surface area contributed by atoms with E-state index in [2.05, 4.69) is 10.3 Å². The molecule has 0 aromatic rings. The fourth-order valence-corrected chi connectivity index (χ4v) is 0.942. The van der Waals surface area contributed by atoms with Gasteiger partial charge in [-0.1, -0.05) is 11.6 Å². The fourth-order valence-electron chi connectivity index (χ4n) is 0.785. The second kappa shape index (κ2) is 2.92. The molecule has 1 rings (SSSR count). The summed E-state index contributed by atoms with van der Waals surface area (Å²) >= 11 is 5.70. The van der Waals surface area contributed by atoms with Gasteiger partial charge >= 0.3 is 0 Å². The van der Waals surface area contributed by atoms with Crippen LogP contribution in [0.2, 0.25) is 0 Å². The summed E-state index contributed by atoms with van der Waals surface area (Å²) in [5, 5.41) is 3.62. The lowest BCUT2D eigenvalue weighted by Gasteiger charge is -2.24. The molecule has 1 aliphatic heterocycles. The summed E-state index contributed by atoms with van der Waals surface area (Å²) in [5.74, 6) is 0.906. The lowest BCUT2D eigenvalue weighted by molar-refractivity contribution is 0.469. The highest BCUT2D eigenvalue weighted by Gasteiger charge is 2.08. The molecule has 1 heterocycles. The van der Waals surface area contributed by atoms with Crippen molar-refractivity contribution >= 4 is 17.4 Å². The highest BCUT2D eigenvalue weighted by Crippen LogP contribution is 2.03. The molecule has 0 aliphatic carbocycles. The summed E-state index contributed by atoms with van der Waals surface area (Å²) in [5.41, 5.74) is 0. The maximum atomic E-state index is 5.70. The van der Waals surface area contributed by atoms with Gasteiger partial charge < -0.3 is 10.2 Å². The number of likely N-dealkylation sites (N-methyl/N-ethyl adjacent to an activating group) is 1. The molecule has 0 saturated carbocycles. The maximum absolute atomic E-state index is 5.70. The quantitative estimate of drug-likeness (QED) is 0.524. The van der Waals surface area contributed by atoms with Crippen LogP contribution in [0.25, 0.3) is 0 Å². The van der Waals surface area contributed by atoms with E-state index in [0.717, 1.165) is 12.5 Å². The largest absolute Gasteiger partial charge is 0.358 e. The lowest BCUT2D eigenvalue weighted by atomic mass is 10.4. The molecule has 0 radical (unpaired) electrons. The van der Waals surface area contributed by atoms with Gasteiger partial charge in [0.05, 0.1) is 6.67 Å². The maximum Gasteiger partial charge on any atom is 0.127 e. The van der Waals surface area contributed by atoms with Crippen LogP contribution in [-0.4, -0.2) is 31.5 Å². The second-order valence-corrected chi connectivity index (χ2v) is 2.51. The Morgan fingerprint density at radius 1 is 1.80 bits per heavy atom. The summed E-state index contributed by atoms with van der Waals surface area (Å²) in [7, 11) is 3.70. The molecule has 3 nitrogen and oxygen atoms in total. The van der Waals surface area contributed by atoms with E-state index in [-0.39, 0.29) is 0 Å². The van der Waals surface area contributed by atoms with Gasteiger partial charge in [-0.25, -0.2) is 0 Å². The van der Waals surface area contributed by atoms with E-state index in [1.165, 1.54) is 0 Å². The van der Waals surface area contributed by atoms with E-state index in [1.807, 2.05) is 11.9 Å². The molecular formula is C6H10ClN3. The van der Waals surface area contributed by atoms with Crippen LogP contribution in [-0.2, 0) is 0 Å². The number of hydrogen-bond acceptors (Lipinski definition) is 2. The van der Waals surface area contributed by atoms with E-state index in [4.69, 9.17) is 11.6 Å². The molecule has 0 aromatic heterocycles. The third-order valence-corrected chi connectivity index (χ3v) is 1.60. The Labute approximate surface area is 65.4 Å². The lowest BCUT2D eigenvalue weighted by Crippen LogP contribution is -2.38.